The first-order valence-corrected chi connectivity index (χ1v) is 12.9. The Bertz CT molecular complexity index is 1560. The maximum atomic E-state index is 13.4. The fraction of sp³-hybridized carbons (Fsp3) is 0.192. The number of oxazole rings is 1. The summed E-state index contributed by atoms with van der Waals surface area (Å²) in [4.78, 5) is 31.7. The van der Waals surface area contributed by atoms with Gasteiger partial charge in [-0.3, -0.25) is 9.59 Å². The topological polar surface area (TPSA) is 101 Å². The summed E-state index contributed by atoms with van der Waals surface area (Å²) in [6, 6.07) is 16.9. The van der Waals surface area contributed by atoms with E-state index in [-0.39, 0.29) is 17.4 Å². The van der Waals surface area contributed by atoms with Crippen LogP contribution in [0.3, 0.4) is 0 Å². The second-order valence-corrected chi connectivity index (χ2v) is 10.7. The molecule has 1 saturated carbocycles. The Morgan fingerprint density at radius 3 is 2.31 bits per heavy atom. The fourth-order valence-electron chi connectivity index (χ4n) is 4.51. The molecule has 1 saturated heterocycles. The number of rotatable bonds is 6. The molecular weight excluding hydrogens is 485 g/mol. The third-order valence-corrected chi connectivity index (χ3v) is 8.37. The number of imide groups is 1. The van der Waals surface area contributed by atoms with Gasteiger partial charge < -0.3 is 4.42 Å². The molecule has 3 aromatic carbocycles. The van der Waals surface area contributed by atoms with Crippen LogP contribution in [0.1, 0.15) is 19.3 Å². The molecular formula is C26H20FN3O5S. The van der Waals surface area contributed by atoms with Gasteiger partial charge in [-0.05, 0) is 73.5 Å². The lowest BCUT2D eigenvalue weighted by molar-refractivity contribution is -0.122. The highest BCUT2D eigenvalue weighted by Crippen LogP contribution is 2.38. The van der Waals surface area contributed by atoms with Crippen LogP contribution in [0.5, 0.6) is 0 Å². The second kappa shape index (κ2) is 8.35. The van der Waals surface area contributed by atoms with Crippen LogP contribution in [0, 0.1) is 5.82 Å². The van der Waals surface area contributed by atoms with E-state index in [0.29, 0.717) is 41.1 Å². The third kappa shape index (κ3) is 3.78. The standard InChI is InChI=1S/C26H20FN3O5S/c27-17-7-13-20(14-8-17)36(33,34)30(19-11-12-19)22-15-24(31)29(26(22)32)18-9-5-16(6-10-18)25-28-21-3-1-2-4-23(21)35-25/h1-10,13-14,19,22H,11-12,15H2. The molecule has 1 aromatic heterocycles. The van der Waals surface area contributed by atoms with Gasteiger partial charge in [-0.1, -0.05) is 12.1 Å². The lowest BCUT2D eigenvalue weighted by atomic mass is 10.2. The summed E-state index contributed by atoms with van der Waals surface area (Å²) >= 11 is 0. The molecule has 0 radical (unpaired) electrons. The Morgan fingerprint density at radius 1 is 0.944 bits per heavy atom. The Hall–Kier alpha value is -3.89. The predicted molar refractivity (Wildman–Crippen MR) is 129 cm³/mol. The van der Waals surface area contributed by atoms with Crippen molar-refractivity contribution < 1.29 is 26.8 Å². The van der Waals surface area contributed by atoms with Crippen molar-refractivity contribution in [3.8, 4) is 11.5 Å². The first-order valence-electron chi connectivity index (χ1n) is 11.4. The molecule has 10 heteroatoms. The molecule has 2 heterocycles. The predicted octanol–water partition coefficient (Wildman–Crippen LogP) is 4.12. The number of fused-ring (bicyclic) bond motifs is 1. The van der Waals surface area contributed by atoms with Gasteiger partial charge in [0.1, 0.15) is 17.4 Å². The molecule has 2 aliphatic rings. The van der Waals surface area contributed by atoms with Gasteiger partial charge in [-0.2, -0.15) is 4.31 Å². The van der Waals surface area contributed by atoms with Gasteiger partial charge in [0.15, 0.2) is 5.58 Å². The van der Waals surface area contributed by atoms with Crippen LogP contribution in [0.25, 0.3) is 22.6 Å². The van der Waals surface area contributed by atoms with E-state index >= 15 is 0 Å². The molecule has 1 aliphatic carbocycles. The quantitative estimate of drug-likeness (QED) is 0.366. The maximum Gasteiger partial charge on any atom is 0.252 e. The highest BCUT2D eigenvalue weighted by Gasteiger charge is 2.51. The normalized spacial score (nSPS) is 18.5. The van der Waals surface area contributed by atoms with Crippen molar-refractivity contribution in [1.82, 2.24) is 9.29 Å². The molecule has 2 amide bonds. The van der Waals surface area contributed by atoms with Crippen molar-refractivity contribution in [2.24, 2.45) is 0 Å². The first-order chi connectivity index (χ1) is 17.3. The number of para-hydroxylation sites is 2. The minimum atomic E-state index is -4.11. The van der Waals surface area contributed by atoms with Gasteiger partial charge in [0.2, 0.25) is 21.8 Å². The smallest absolute Gasteiger partial charge is 0.252 e. The summed E-state index contributed by atoms with van der Waals surface area (Å²) in [7, 11) is -4.11. The minimum Gasteiger partial charge on any atom is -0.436 e. The number of carbonyl (C=O) groups is 2. The average molecular weight is 506 g/mol. The van der Waals surface area contributed by atoms with Crippen molar-refractivity contribution in [1.29, 1.82) is 0 Å². The van der Waals surface area contributed by atoms with E-state index in [0.717, 1.165) is 21.3 Å². The molecule has 1 aliphatic heterocycles. The number of sulfonamides is 1. The van der Waals surface area contributed by atoms with Crippen LogP contribution in [0.2, 0.25) is 0 Å². The average Bonchev–Trinajstić information content (AvgIpc) is 3.52. The summed E-state index contributed by atoms with van der Waals surface area (Å²) in [6.45, 7) is 0. The van der Waals surface area contributed by atoms with Crippen molar-refractivity contribution in [2.75, 3.05) is 4.90 Å². The van der Waals surface area contributed by atoms with Gasteiger partial charge in [-0.25, -0.2) is 22.7 Å². The molecule has 2 fully saturated rings. The van der Waals surface area contributed by atoms with Crippen molar-refractivity contribution in [3.05, 3.63) is 78.6 Å². The molecule has 0 N–H and O–H groups in total. The number of benzene rings is 3. The molecule has 1 atom stereocenters. The highest BCUT2D eigenvalue weighted by atomic mass is 32.2. The molecule has 4 aromatic rings. The van der Waals surface area contributed by atoms with Crippen molar-refractivity contribution >= 4 is 38.6 Å². The van der Waals surface area contributed by atoms with Crippen molar-refractivity contribution in [3.63, 3.8) is 0 Å². The number of halogens is 1. The Labute approximate surface area is 206 Å². The molecule has 36 heavy (non-hydrogen) atoms. The van der Waals surface area contributed by atoms with Crippen molar-refractivity contribution in [2.45, 2.75) is 36.2 Å². The monoisotopic (exact) mass is 505 g/mol. The lowest BCUT2D eigenvalue weighted by Crippen LogP contribution is -2.46. The van der Waals surface area contributed by atoms with E-state index in [1.807, 2.05) is 24.3 Å². The highest BCUT2D eigenvalue weighted by molar-refractivity contribution is 7.89. The zero-order valence-electron chi connectivity index (χ0n) is 18.9. The van der Waals surface area contributed by atoms with Crippen LogP contribution in [0.4, 0.5) is 10.1 Å². The number of anilines is 1. The maximum absolute atomic E-state index is 13.4. The van der Waals surface area contributed by atoms with Gasteiger partial charge in [0.05, 0.1) is 17.0 Å². The second-order valence-electron chi connectivity index (χ2n) is 8.84. The molecule has 8 nitrogen and oxygen atoms in total. The first kappa shape index (κ1) is 22.6. The van der Waals surface area contributed by atoms with E-state index in [1.54, 1.807) is 24.3 Å². The Kier molecular flexibility index (Phi) is 5.24. The summed E-state index contributed by atoms with van der Waals surface area (Å²) in [5.74, 6) is -1.25. The number of amides is 2. The lowest BCUT2D eigenvalue weighted by Gasteiger charge is -2.26. The Morgan fingerprint density at radius 2 is 1.64 bits per heavy atom. The summed E-state index contributed by atoms with van der Waals surface area (Å²) in [5.41, 5.74) is 2.37. The number of hydrogen-bond acceptors (Lipinski definition) is 6. The number of carbonyl (C=O) groups excluding carboxylic acids is 2. The van der Waals surface area contributed by atoms with Gasteiger partial charge in [0, 0.05) is 11.6 Å². The largest absolute Gasteiger partial charge is 0.436 e. The van der Waals surface area contributed by atoms with E-state index in [4.69, 9.17) is 4.42 Å². The summed E-state index contributed by atoms with van der Waals surface area (Å²) < 4.78 is 47.0. The zero-order valence-corrected chi connectivity index (χ0v) is 19.7. The van der Waals surface area contributed by atoms with E-state index in [1.165, 1.54) is 12.1 Å². The van der Waals surface area contributed by atoms with Crippen LogP contribution >= 0.6 is 0 Å². The summed E-state index contributed by atoms with van der Waals surface area (Å²) in [6.07, 6.45) is 0.928. The van der Waals surface area contributed by atoms with Crippen LogP contribution in [-0.4, -0.2) is 41.6 Å². The van der Waals surface area contributed by atoms with E-state index < -0.39 is 33.7 Å². The van der Waals surface area contributed by atoms with Gasteiger partial charge in [-0.15, -0.1) is 0 Å². The minimum absolute atomic E-state index is 0.114. The van der Waals surface area contributed by atoms with Gasteiger partial charge >= 0.3 is 0 Å². The van der Waals surface area contributed by atoms with E-state index in [2.05, 4.69) is 4.98 Å². The third-order valence-electron chi connectivity index (χ3n) is 6.39. The zero-order chi connectivity index (χ0) is 25.0. The SMILES string of the molecule is O=C1CC(N(C2CC2)S(=O)(=O)c2ccc(F)cc2)C(=O)N1c1ccc(-c2nc3ccccc3o2)cc1. The van der Waals surface area contributed by atoms with Crippen LogP contribution in [-0.2, 0) is 19.6 Å². The fourth-order valence-corrected chi connectivity index (χ4v) is 6.34. The van der Waals surface area contributed by atoms with Crippen LogP contribution in [0.15, 0.2) is 82.1 Å². The molecule has 182 valence electrons. The number of hydrogen-bond donors (Lipinski definition) is 0. The van der Waals surface area contributed by atoms with E-state index in [9.17, 15) is 22.4 Å². The number of aromatic nitrogens is 1. The summed E-state index contributed by atoms with van der Waals surface area (Å²) in [5, 5.41) is 0. The molecule has 0 spiro atoms. The van der Waals surface area contributed by atoms with Gasteiger partial charge in [0.25, 0.3) is 5.91 Å². The molecule has 0 bridgehead atoms. The molecule has 1 unspecified atom stereocenters. The van der Waals surface area contributed by atoms with Crippen LogP contribution < -0.4 is 4.90 Å². The molecule has 6 rings (SSSR count). The number of nitrogens with zero attached hydrogens (tertiary/aromatic N) is 3. The Balaban J connectivity index is 1.29.